The molecular formula is C21H17ClF3N5O2. The molecule has 2 amide bonds. The summed E-state index contributed by atoms with van der Waals surface area (Å²) in [6, 6.07) is 4.50. The van der Waals surface area contributed by atoms with Crippen molar-refractivity contribution in [1.29, 1.82) is 0 Å². The summed E-state index contributed by atoms with van der Waals surface area (Å²) in [5.74, 6) is -0.985. The van der Waals surface area contributed by atoms with E-state index in [4.69, 9.17) is 11.6 Å². The van der Waals surface area contributed by atoms with Crippen molar-refractivity contribution in [2.24, 2.45) is 0 Å². The number of fused-ring (bicyclic) bond motifs is 1. The Labute approximate surface area is 185 Å². The van der Waals surface area contributed by atoms with Gasteiger partial charge < -0.3 is 10.2 Å². The van der Waals surface area contributed by atoms with Gasteiger partial charge in [0.1, 0.15) is 0 Å². The predicted octanol–water partition coefficient (Wildman–Crippen LogP) is 4.73. The number of nitrogens with zero attached hydrogens (tertiary/aromatic N) is 4. The van der Waals surface area contributed by atoms with Crippen LogP contribution in [0.4, 0.5) is 24.5 Å². The van der Waals surface area contributed by atoms with Gasteiger partial charge in [-0.05, 0) is 43.7 Å². The molecule has 3 heterocycles. The lowest BCUT2D eigenvalue weighted by Gasteiger charge is -2.32. The maximum atomic E-state index is 13.2. The number of anilines is 2. The summed E-state index contributed by atoms with van der Waals surface area (Å²) < 4.78 is 40.6. The minimum atomic E-state index is -4.60. The van der Waals surface area contributed by atoms with Crippen molar-refractivity contribution in [3.05, 3.63) is 70.3 Å². The molecule has 7 nitrogen and oxygen atoms in total. The zero-order chi connectivity index (χ0) is 23.2. The minimum absolute atomic E-state index is 0.119. The fourth-order valence-corrected chi connectivity index (χ4v) is 3.83. The van der Waals surface area contributed by atoms with Crippen LogP contribution in [0.2, 0.25) is 5.02 Å². The van der Waals surface area contributed by atoms with Crippen molar-refractivity contribution in [3.8, 4) is 0 Å². The SMILES string of the molecule is Cc1cncc(C(=O)Nc2cnn3c2C(=O)N(c2ccc(C(F)(F)F)c(Cl)c2)C[C@@H]3C)c1. The standard InChI is InChI=1S/C21H17ClF3N5O2/c1-11-5-13(8-26-7-11)19(31)28-17-9-27-30-12(2)10-29(20(32)18(17)30)14-3-4-15(16(22)6-14)21(23,24)25/h3-9,12H,10H2,1-2H3,(H,28,31)/t12-/m0/s1. The molecule has 0 radical (unpaired) electrons. The fraction of sp³-hybridized carbons (Fsp3) is 0.238. The summed E-state index contributed by atoms with van der Waals surface area (Å²) in [6.45, 7) is 3.77. The molecule has 1 aliphatic heterocycles. The summed E-state index contributed by atoms with van der Waals surface area (Å²) in [4.78, 5) is 31.2. The first-order valence-electron chi connectivity index (χ1n) is 9.55. The molecule has 166 valence electrons. The molecule has 0 fully saturated rings. The molecule has 0 saturated heterocycles. The van der Waals surface area contributed by atoms with Crippen molar-refractivity contribution in [2.75, 3.05) is 16.8 Å². The number of carbonyl (C=O) groups excluding carboxylic acids is 2. The Morgan fingerprint density at radius 2 is 1.97 bits per heavy atom. The van der Waals surface area contributed by atoms with E-state index in [1.54, 1.807) is 26.1 Å². The molecule has 1 atom stereocenters. The number of rotatable bonds is 3. The lowest BCUT2D eigenvalue weighted by atomic mass is 10.1. The van der Waals surface area contributed by atoms with Gasteiger partial charge in [0.25, 0.3) is 11.8 Å². The number of aromatic nitrogens is 3. The molecule has 4 rings (SSSR count). The first-order valence-corrected chi connectivity index (χ1v) is 9.93. The van der Waals surface area contributed by atoms with Gasteiger partial charge in [-0.2, -0.15) is 18.3 Å². The maximum Gasteiger partial charge on any atom is 0.417 e. The van der Waals surface area contributed by atoms with Gasteiger partial charge in [-0.3, -0.25) is 19.3 Å². The second-order valence-electron chi connectivity index (χ2n) is 7.48. The monoisotopic (exact) mass is 463 g/mol. The first kappa shape index (κ1) is 21.8. The average Bonchev–Trinajstić information content (AvgIpc) is 3.14. The third-order valence-electron chi connectivity index (χ3n) is 5.06. The Morgan fingerprint density at radius 1 is 1.22 bits per heavy atom. The molecule has 0 bridgehead atoms. The molecule has 32 heavy (non-hydrogen) atoms. The molecule has 1 aromatic carbocycles. The zero-order valence-electron chi connectivity index (χ0n) is 16.9. The Morgan fingerprint density at radius 3 is 2.62 bits per heavy atom. The van der Waals surface area contributed by atoms with E-state index in [0.29, 0.717) is 5.56 Å². The molecule has 0 aliphatic carbocycles. The fourth-order valence-electron chi connectivity index (χ4n) is 3.55. The molecule has 2 aromatic heterocycles. The van der Waals surface area contributed by atoms with Crippen molar-refractivity contribution in [1.82, 2.24) is 14.8 Å². The van der Waals surface area contributed by atoms with Gasteiger partial charge in [-0.15, -0.1) is 0 Å². The van der Waals surface area contributed by atoms with E-state index in [1.165, 1.54) is 28.0 Å². The topological polar surface area (TPSA) is 80.1 Å². The van der Waals surface area contributed by atoms with E-state index in [0.717, 1.165) is 17.7 Å². The normalized spacial score (nSPS) is 16.1. The highest BCUT2D eigenvalue weighted by Gasteiger charge is 2.36. The van der Waals surface area contributed by atoms with E-state index in [1.807, 2.05) is 0 Å². The third-order valence-corrected chi connectivity index (χ3v) is 5.38. The highest BCUT2D eigenvalue weighted by atomic mass is 35.5. The van der Waals surface area contributed by atoms with E-state index in [2.05, 4.69) is 15.4 Å². The highest BCUT2D eigenvalue weighted by molar-refractivity contribution is 6.31. The number of carbonyl (C=O) groups is 2. The van der Waals surface area contributed by atoms with Crippen LogP contribution in [0.3, 0.4) is 0 Å². The average molecular weight is 464 g/mol. The van der Waals surface area contributed by atoms with Crippen LogP contribution in [0.25, 0.3) is 0 Å². The van der Waals surface area contributed by atoms with Crippen LogP contribution in [0.15, 0.2) is 42.9 Å². The van der Waals surface area contributed by atoms with Crippen LogP contribution in [-0.4, -0.2) is 33.1 Å². The summed E-state index contributed by atoms with van der Waals surface area (Å²) in [6.07, 6.45) is -0.223. The van der Waals surface area contributed by atoms with Gasteiger partial charge in [0, 0.05) is 24.6 Å². The number of nitrogens with one attached hydrogen (secondary N) is 1. The van der Waals surface area contributed by atoms with E-state index < -0.39 is 28.6 Å². The van der Waals surface area contributed by atoms with Crippen LogP contribution < -0.4 is 10.2 Å². The summed E-state index contributed by atoms with van der Waals surface area (Å²) in [5.41, 5.74) is 0.653. The van der Waals surface area contributed by atoms with Gasteiger partial charge in [0.2, 0.25) is 0 Å². The summed E-state index contributed by atoms with van der Waals surface area (Å²) in [5, 5.41) is 6.38. The van der Waals surface area contributed by atoms with Crippen molar-refractivity contribution in [2.45, 2.75) is 26.1 Å². The van der Waals surface area contributed by atoms with Crippen LogP contribution in [0.5, 0.6) is 0 Å². The van der Waals surface area contributed by atoms with Crippen molar-refractivity contribution < 1.29 is 22.8 Å². The number of halogens is 4. The second-order valence-corrected chi connectivity index (χ2v) is 7.89. The molecule has 0 spiro atoms. The first-order chi connectivity index (χ1) is 15.1. The van der Waals surface area contributed by atoms with Gasteiger partial charge >= 0.3 is 6.18 Å². The van der Waals surface area contributed by atoms with Crippen LogP contribution >= 0.6 is 11.6 Å². The zero-order valence-corrected chi connectivity index (χ0v) is 17.7. The number of pyridine rings is 1. The number of hydrogen-bond acceptors (Lipinski definition) is 4. The lowest BCUT2D eigenvalue weighted by molar-refractivity contribution is -0.137. The lowest BCUT2D eigenvalue weighted by Crippen LogP contribution is -2.43. The van der Waals surface area contributed by atoms with Crippen LogP contribution in [0.1, 0.15) is 44.9 Å². The molecular weight excluding hydrogens is 447 g/mol. The van der Waals surface area contributed by atoms with Gasteiger partial charge in [-0.25, -0.2) is 0 Å². The number of benzene rings is 1. The number of aryl methyl sites for hydroxylation is 1. The smallest absolute Gasteiger partial charge is 0.319 e. The van der Waals surface area contributed by atoms with Gasteiger partial charge in [-0.1, -0.05) is 11.6 Å². The van der Waals surface area contributed by atoms with Crippen molar-refractivity contribution in [3.63, 3.8) is 0 Å². The second kappa shape index (κ2) is 7.94. The van der Waals surface area contributed by atoms with Gasteiger partial charge in [0.15, 0.2) is 5.69 Å². The largest absolute Gasteiger partial charge is 0.417 e. The van der Waals surface area contributed by atoms with Crippen LogP contribution in [0, 0.1) is 6.92 Å². The Balaban J connectivity index is 1.66. The summed E-state index contributed by atoms with van der Waals surface area (Å²) >= 11 is 5.84. The Kier molecular flexibility index (Phi) is 5.41. The van der Waals surface area contributed by atoms with Crippen molar-refractivity contribution >= 4 is 34.8 Å². The number of amides is 2. The van der Waals surface area contributed by atoms with E-state index in [9.17, 15) is 22.8 Å². The maximum absolute atomic E-state index is 13.2. The number of hydrogen-bond donors (Lipinski definition) is 1. The molecule has 11 heteroatoms. The molecule has 0 unspecified atom stereocenters. The van der Waals surface area contributed by atoms with E-state index in [-0.39, 0.29) is 29.7 Å². The number of alkyl halides is 3. The Bertz CT molecular complexity index is 1220. The minimum Gasteiger partial charge on any atom is -0.319 e. The van der Waals surface area contributed by atoms with Crippen LogP contribution in [-0.2, 0) is 6.18 Å². The summed E-state index contributed by atoms with van der Waals surface area (Å²) in [7, 11) is 0. The third kappa shape index (κ3) is 3.93. The van der Waals surface area contributed by atoms with Gasteiger partial charge in [0.05, 0.1) is 34.1 Å². The molecule has 3 aromatic rings. The molecule has 1 aliphatic rings. The quantitative estimate of drug-likeness (QED) is 0.609. The highest BCUT2D eigenvalue weighted by Crippen LogP contribution is 2.38. The molecule has 1 N–H and O–H groups in total. The molecule has 0 saturated carbocycles. The predicted molar refractivity (Wildman–Crippen MR) is 112 cm³/mol. The Hall–Kier alpha value is -3.40. The van der Waals surface area contributed by atoms with E-state index >= 15 is 0 Å².